The number of fused-ring (bicyclic) bond motifs is 1. The summed E-state index contributed by atoms with van der Waals surface area (Å²) in [6.45, 7) is 8.85. The van der Waals surface area contributed by atoms with Gasteiger partial charge in [-0.2, -0.15) is 10.2 Å². The van der Waals surface area contributed by atoms with Crippen LogP contribution in [-0.4, -0.2) is 34.0 Å². The molecule has 0 aliphatic rings. The molecule has 0 amide bonds. The maximum Gasteiger partial charge on any atom is 0.243 e. The second kappa shape index (κ2) is 6.44. The summed E-state index contributed by atoms with van der Waals surface area (Å²) >= 11 is 6.45. The molecule has 0 N–H and O–H groups in total. The predicted molar refractivity (Wildman–Crippen MR) is 89.7 cm³/mol. The van der Waals surface area contributed by atoms with Crippen LogP contribution in [0.25, 0.3) is 11.0 Å². The zero-order valence-electron chi connectivity index (χ0n) is 13.5. The SMILES string of the molecule is CCn1ncc2c(Cl)c(/C(=N/N=C/C(C)(C)C)OC)cnc21. The van der Waals surface area contributed by atoms with E-state index in [2.05, 4.69) is 20.3 Å². The minimum atomic E-state index is -0.0589. The third kappa shape index (κ3) is 3.44. The molecule has 0 radical (unpaired) electrons. The first-order valence-electron chi connectivity index (χ1n) is 7.04. The van der Waals surface area contributed by atoms with Crippen molar-refractivity contribution in [2.75, 3.05) is 7.11 Å². The predicted octanol–water partition coefficient (Wildman–Crippen LogP) is 3.53. The van der Waals surface area contributed by atoms with Gasteiger partial charge in [0.05, 0.1) is 29.3 Å². The van der Waals surface area contributed by atoms with Gasteiger partial charge in [-0.05, 0) is 12.3 Å². The number of hydrogen-bond donors (Lipinski definition) is 0. The number of rotatable bonds is 3. The Morgan fingerprint density at radius 3 is 2.73 bits per heavy atom. The molecule has 2 aromatic rings. The van der Waals surface area contributed by atoms with E-state index in [1.807, 2.05) is 27.7 Å². The maximum atomic E-state index is 6.45. The Kier molecular flexibility index (Phi) is 4.81. The second-order valence-electron chi connectivity index (χ2n) is 5.90. The summed E-state index contributed by atoms with van der Waals surface area (Å²) in [6, 6.07) is 0. The first kappa shape index (κ1) is 16.4. The Hall–Kier alpha value is -1.95. The average molecular weight is 322 g/mol. The van der Waals surface area contributed by atoms with Crippen LogP contribution in [0.4, 0.5) is 0 Å². The van der Waals surface area contributed by atoms with Crippen molar-refractivity contribution >= 4 is 34.7 Å². The van der Waals surface area contributed by atoms with E-state index in [1.165, 1.54) is 7.11 Å². The van der Waals surface area contributed by atoms with Crippen molar-refractivity contribution in [2.45, 2.75) is 34.2 Å². The van der Waals surface area contributed by atoms with E-state index in [9.17, 15) is 0 Å². The van der Waals surface area contributed by atoms with Gasteiger partial charge in [0.1, 0.15) is 0 Å². The first-order chi connectivity index (χ1) is 10.4. The topological polar surface area (TPSA) is 64.7 Å². The molecule has 0 fully saturated rings. The molecule has 0 aromatic carbocycles. The van der Waals surface area contributed by atoms with Crippen molar-refractivity contribution < 1.29 is 4.74 Å². The largest absolute Gasteiger partial charge is 0.479 e. The molecule has 22 heavy (non-hydrogen) atoms. The van der Waals surface area contributed by atoms with Gasteiger partial charge in [-0.3, -0.25) is 0 Å². The fourth-order valence-corrected chi connectivity index (χ4v) is 2.10. The van der Waals surface area contributed by atoms with E-state index in [4.69, 9.17) is 16.3 Å². The maximum absolute atomic E-state index is 6.45. The zero-order valence-corrected chi connectivity index (χ0v) is 14.2. The Bertz CT molecular complexity index is 727. The number of hydrogen-bond acceptors (Lipinski definition) is 5. The molecule has 7 heteroatoms. The Balaban J connectivity index is 2.46. The number of aryl methyl sites for hydroxylation is 1. The zero-order chi connectivity index (χ0) is 16.3. The number of ether oxygens (including phenoxy) is 1. The van der Waals surface area contributed by atoms with Gasteiger partial charge in [0.15, 0.2) is 5.65 Å². The molecule has 0 atom stereocenters. The normalized spacial score (nSPS) is 13.3. The summed E-state index contributed by atoms with van der Waals surface area (Å²) in [6.07, 6.45) is 5.08. The van der Waals surface area contributed by atoms with Crippen molar-refractivity contribution in [1.29, 1.82) is 0 Å². The molecule has 0 saturated heterocycles. The molecule has 2 rings (SSSR count). The lowest BCUT2D eigenvalue weighted by atomic mass is 9.99. The smallest absolute Gasteiger partial charge is 0.243 e. The van der Waals surface area contributed by atoms with Crippen LogP contribution >= 0.6 is 11.6 Å². The van der Waals surface area contributed by atoms with E-state index < -0.39 is 0 Å². The standard InChI is InChI=1S/C15H20ClN5O/c1-6-21-13-10(8-19-21)12(16)11(7-17-13)14(22-5)20-18-9-15(2,3)4/h7-9H,6H2,1-5H3/b18-9+,20-14-. The van der Waals surface area contributed by atoms with Gasteiger partial charge in [0.2, 0.25) is 5.90 Å². The van der Waals surface area contributed by atoms with Crippen LogP contribution in [0.1, 0.15) is 33.3 Å². The van der Waals surface area contributed by atoms with Crippen LogP contribution in [-0.2, 0) is 11.3 Å². The van der Waals surface area contributed by atoms with Crippen LogP contribution in [0.15, 0.2) is 22.6 Å². The van der Waals surface area contributed by atoms with Crippen LogP contribution in [0.2, 0.25) is 5.02 Å². The molecule has 0 bridgehead atoms. The molecule has 0 spiro atoms. The lowest BCUT2D eigenvalue weighted by Gasteiger charge is -2.09. The average Bonchev–Trinajstić information content (AvgIpc) is 2.87. The molecule has 0 saturated carbocycles. The van der Waals surface area contributed by atoms with Gasteiger partial charge in [0.25, 0.3) is 0 Å². The van der Waals surface area contributed by atoms with Crippen LogP contribution < -0.4 is 0 Å². The Labute approximate surface area is 134 Å². The lowest BCUT2D eigenvalue weighted by Crippen LogP contribution is -2.08. The van der Waals surface area contributed by atoms with Crippen molar-refractivity contribution in [3.8, 4) is 0 Å². The van der Waals surface area contributed by atoms with Crippen molar-refractivity contribution in [1.82, 2.24) is 14.8 Å². The minimum Gasteiger partial charge on any atom is -0.479 e. The number of halogens is 1. The van der Waals surface area contributed by atoms with E-state index >= 15 is 0 Å². The third-order valence-corrected chi connectivity index (χ3v) is 3.32. The van der Waals surface area contributed by atoms with E-state index in [-0.39, 0.29) is 5.41 Å². The van der Waals surface area contributed by atoms with Gasteiger partial charge in [-0.15, -0.1) is 5.10 Å². The number of nitrogens with zero attached hydrogens (tertiary/aromatic N) is 5. The van der Waals surface area contributed by atoms with Crippen molar-refractivity contribution in [2.24, 2.45) is 15.6 Å². The molecule has 0 aliphatic carbocycles. The van der Waals surface area contributed by atoms with Crippen LogP contribution in [0.5, 0.6) is 0 Å². The summed E-state index contributed by atoms with van der Waals surface area (Å²) < 4.78 is 7.08. The highest BCUT2D eigenvalue weighted by atomic mass is 35.5. The molecular weight excluding hydrogens is 302 g/mol. The van der Waals surface area contributed by atoms with Gasteiger partial charge in [0, 0.05) is 19.0 Å². The summed E-state index contributed by atoms with van der Waals surface area (Å²) in [7, 11) is 1.53. The van der Waals surface area contributed by atoms with E-state index in [0.29, 0.717) is 16.5 Å². The molecule has 118 valence electrons. The number of pyridine rings is 1. The fraction of sp³-hybridized carbons (Fsp3) is 0.467. The molecule has 2 heterocycles. The summed E-state index contributed by atoms with van der Waals surface area (Å²) in [5.74, 6) is 0.323. The van der Waals surface area contributed by atoms with Gasteiger partial charge in [-0.25, -0.2) is 9.67 Å². The quantitative estimate of drug-likeness (QED) is 0.493. The summed E-state index contributed by atoms with van der Waals surface area (Å²) in [5.41, 5.74) is 1.28. The van der Waals surface area contributed by atoms with Crippen molar-refractivity contribution in [3.63, 3.8) is 0 Å². The first-order valence-corrected chi connectivity index (χ1v) is 7.41. The van der Waals surface area contributed by atoms with Crippen molar-refractivity contribution in [3.05, 3.63) is 23.0 Å². The van der Waals surface area contributed by atoms with Gasteiger partial charge >= 0.3 is 0 Å². The Morgan fingerprint density at radius 2 is 2.14 bits per heavy atom. The Morgan fingerprint density at radius 1 is 1.41 bits per heavy atom. The molecular formula is C15H20ClN5O. The number of aromatic nitrogens is 3. The number of methoxy groups -OCH3 is 1. The summed E-state index contributed by atoms with van der Waals surface area (Å²) in [4.78, 5) is 4.40. The molecule has 0 unspecified atom stereocenters. The fourth-order valence-electron chi connectivity index (χ4n) is 1.84. The van der Waals surface area contributed by atoms with E-state index in [1.54, 1.807) is 23.3 Å². The highest BCUT2D eigenvalue weighted by Gasteiger charge is 2.16. The second-order valence-corrected chi connectivity index (χ2v) is 6.28. The van der Waals surface area contributed by atoms with Gasteiger partial charge < -0.3 is 4.74 Å². The molecule has 0 aliphatic heterocycles. The van der Waals surface area contributed by atoms with E-state index in [0.717, 1.165) is 17.6 Å². The highest BCUT2D eigenvalue weighted by Crippen LogP contribution is 2.26. The third-order valence-electron chi connectivity index (χ3n) is 2.92. The highest BCUT2D eigenvalue weighted by molar-refractivity contribution is 6.38. The molecule has 6 nitrogen and oxygen atoms in total. The monoisotopic (exact) mass is 321 g/mol. The minimum absolute atomic E-state index is 0.0589. The van der Waals surface area contributed by atoms with Crippen LogP contribution in [0, 0.1) is 5.41 Å². The molecule has 2 aromatic heterocycles. The summed E-state index contributed by atoms with van der Waals surface area (Å²) in [5, 5.41) is 13.7. The lowest BCUT2D eigenvalue weighted by molar-refractivity contribution is 0.402. The van der Waals surface area contributed by atoms with Gasteiger partial charge in [-0.1, -0.05) is 32.4 Å². The van der Waals surface area contributed by atoms with Crippen LogP contribution in [0.3, 0.4) is 0 Å².